The molecule has 21 heavy (non-hydrogen) atoms. The van der Waals surface area contributed by atoms with Gasteiger partial charge in [-0.25, -0.2) is 24.2 Å². The van der Waals surface area contributed by atoms with Crippen LogP contribution < -0.4 is 0 Å². The van der Waals surface area contributed by atoms with Crippen LogP contribution in [0, 0.1) is 0 Å². The van der Waals surface area contributed by atoms with E-state index in [1.165, 1.54) is 24.3 Å². The second-order valence-corrected chi connectivity index (χ2v) is 4.04. The average molecular weight is 292 g/mol. The fraction of sp³-hybridized carbons (Fsp3) is 0.267. The van der Waals surface area contributed by atoms with Gasteiger partial charge in [0.1, 0.15) is 0 Å². The van der Waals surface area contributed by atoms with Gasteiger partial charge in [0, 0.05) is 6.08 Å². The zero-order valence-corrected chi connectivity index (χ0v) is 11.7. The molecule has 0 aliphatic carbocycles. The molecule has 112 valence electrons. The summed E-state index contributed by atoms with van der Waals surface area (Å²) in [5, 5.41) is 0. The highest BCUT2D eigenvalue weighted by Gasteiger charge is 2.13. The number of carbonyl (C=O) groups excluding carboxylic acids is 3. The van der Waals surface area contributed by atoms with Crippen molar-refractivity contribution in [3.63, 3.8) is 0 Å². The maximum atomic E-state index is 11.6. The molecule has 0 N–H and O–H groups in total. The summed E-state index contributed by atoms with van der Waals surface area (Å²) < 4.78 is 5.03. The Morgan fingerprint density at radius 1 is 1.05 bits per heavy atom. The van der Waals surface area contributed by atoms with Crippen molar-refractivity contribution in [2.75, 3.05) is 6.61 Å². The minimum atomic E-state index is -0.875. The lowest BCUT2D eigenvalue weighted by molar-refractivity contribution is -0.228. The quantitative estimate of drug-likeness (QED) is 0.263. The van der Waals surface area contributed by atoms with Crippen LogP contribution in [0.4, 0.5) is 0 Å². The van der Waals surface area contributed by atoms with E-state index >= 15 is 0 Å². The van der Waals surface area contributed by atoms with Gasteiger partial charge in [-0.05, 0) is 30.7 Å². The van der Waals surface area contributed by atoms with Crippen LogP contribution in [0.5, 0.6) is 0 Å². The van der Waals surface area contributed by atoms with E-state index in [-0.39, 0.29) is 5.56 Å². The molecule has 1 aromatic carbocycles. The first-order valence-corrected chi connectivity index (χ1v) is 6.41. The van der Waals surface area contributed by atoms with E-state index in [2.05, 4.69) is 16.4 Å². The maximum Gasteiger partial charge on any atom is 0.386 e. The summed E-state index contributed by atoms with van der Waals surface area (Å²) in [4.78, 5) is 42.3. The van der Waals surface area contributed by atoms with Gasteiger partial charge in [-0.2, -0.15) is 0 Å². The molecule has 0 aliphatic rings. The zero-order valence-electron chi connectivity index (χ0n) is 11.7. The molecule has 0 fully saturated rings. The van der Waals surface area contributed by atoms with Crippen LogP contribution in [0.15, 0.2) is 36.9 Å². The molecule has 0 unspecified atom stereocenters. The molecule has 1 rings (SSSR count). The van der Waals surface area contributed by atoms with Gasteiger partial charge in [0.05, 0.1) is 17.7 Å². The van der Waals surface area contributed by atoms with E-state index in [0.29, 0.717) is 12.2 Å². The number of hydrogen-bond donors (Lipinski definition) is 0. The lowest BCUT2D eigenvalue weighted by Gasteiger charge is -2.05. The topological polar surface area (TPSA) is 78.9 Å². The Morgan fingerprint density at radius 2 is 1.62 bits per heavy atom. The molecule has 0 aromatic heterocycles. The van der Waals surface area contributed by atoms with Crippen LogP contribution in [-0.2, 0) is 19.3 Å². The highest BCUT2D eigenvalue weighted by atomic mass is 17.2. The fourth-order valence-corrected chi connectivity index (χ4v) is 1.30. The van der Waals surface area contributed by atoms with Crippen molar-refractivity contribution >= 4 is 17.9 Å². The molecule has 0 aliphatic heterocycles. The number of esters is 1. The normalized spacial score (nSPS) is 9.57. The van der Waals surface area contributed by atoms with Crippen LogP contribution in [0.2, 0.25) is 0 Å². The average Bonchev–Trinajstić information content (AvgIpc) is 2.52. The van der Waals surface area contributed by atoms with E-state index in [1.807, 2.05) is 6.92 Å². The molecule has 0 radical (unpaired) electrons. The largest absolute Gasteiger partial charge is 0.462 e. The first kappa shape index (κ1) is 16.4. The Labute approximate surface area is 122 Å². The highest BCUT2D eigenvalue weighted by Crippen LogP contribution is 2.08. The monoisotopic (exact) mass is 292 g/mol. The number of benzene rings is 1. The van der Waals surface area contributed by atoms with Gasteiger partial charge in [-0.3, -0.25) is 0 Å². The summed E-state index contributed by atoms with van der Waals surface area (Å²) in [6.45, 7) is 5.51. The Hall–Kier alpha value is -2.63. The first-order chi connectivity index (χ1) is 10.1. The molecule has 0 amide bonds. The van der Waals surface area contributed by atoms with Crippen molar-refractivity contribution in [2.24, 2.45) is 0 Å². The second-order valence-electron chi connectivity index (χ2n) is 4.04. The van der Waals surface area contributed by atoms with E-state index in [4.69, 9.17) is 4.74 Å². The Kier molecular flexibility index (Phi) is 6.67. The van der Waals surface area contributed by atoms with Crippen molar-refractivity contribution < 1.29 is 28.9 Å². The van der Waals surface area contributed by atoms with Crippen molar-refractivity contribution in [1.82, 2.24) is 0 Å². The first-order valence-electron chi connectivity index (χ1n) is 6.41. The summed E-state index contributed by atoms with van der Waals surface area (Å²) >= 11 is 0. The van der Waals surface area contributed by atoms with Crippen LogP contribution in [0.1, 0.15) is 40.5 Å². The molecule has 0 saturated heterocycles. The van der Waals surface area contributed by atoms with Crippen molar-refractivity contribution in [3.05, 3.63) is 48.0 Å². The van der Waals surface area contributed by atoms with Gasteiger partial charge in [-0.1, -0.05) is 19.9 Å². The number of ether oxygens (including phenoxy) is 1. The Balaban J connectivity index is 2.56. The number of hydrogen-bond acceptors (Lipinski definition) is 6. The van der Waals surface area contributed by atoms with Gasteiger partial charge in [-0.15, -0.1) is 0 Å². The Morgan fingerprint density at radius 3 is 2.14 bits per heavy atom. The van der Waals surface area contributed by atoms with Gasteiger partial charge in [0.25, 0.3) is 0 Å². The van der Waals surface area contributed by atoms with Gasteiger partial charge >= 0.3 is 17.9 Å². The van der Waals surface area contributed by atoms with Crippen molar-refractivity contribution in [2.45, 2.75) is 19.8 Å². The summed E-state index contributed by atoms with van der Waals surface area (Å²) in [6, 6.07) is 5.61. The second kappa shape index (κ2) is 8.52. The molecule has 0 bridgehead atoms. The minimum Gasteiger partial charge on any atom is -0.462 e. The van der Waals surface area contributed by atoms with E-state index in [0.717, 1.165) is 18.9 Å². The molecule has 0 saturated carbocycles. The highest BCUT2D eigenvalue weighted by molar-refractivity contribution is 5.93. The lowest BCUT2D eigenvalue weighted by atomic mass is 10.1. The Bertz CT molecular complexity index is 517. The predicted molar refractivity (Wildman–Crippen MR) is 73.3 cm³/mol. The number of rotatable bonds is 6. The van der Waals surface area contributed by atoms with Crippen molar-refractivity contribution in [1.29, 1.82) is 0 Å². The zero-order chi connectivity index (χ0) is 15.7. The summed E-state index contributed by atoms with van der Waals surface area (Å²) in [5.41, 5.74) is 0.461. The maximum absolute atomic E-state index is 11.6. The predicted octanol–water partition coefficient (Wildman–Crippen LogP) is 2.44. The smallest absolute Gasteiger partial charge is 0.386 e. The number of carbonyl (C=O) groups is 3. The van der Waals surface area contributed by atoms with Crippen LogP contribution in [0.3, 0.4) is 0 Å². The summed E-state index contributed by atoms with van der Waals surface area (Å²) in [6.07, 6.45) is 2.59. The standard InChI is InChI=1S/C15H16O6/c1-3-5-10-19-14(17)11-6-8-12(9-7-11)15(18)21-20-13(16)4-2/h4,6-9H,2-3,5,10H2,1H3. The van der Waals surface area contributed by atoms with E-state index in [9.17, 15) is 14.4 Å². The summed E-state index contributed by atoms with van der Waals surface area (Å²) in [5.74, 6) is -2.18. The molecule has 6 nitrogen and oxygen atoms in total. The van der Waals surface area contributed by atoms with E-state index in [1.54, 1.807) is 0 Å². The number of unbranched alkanes of at least 4 members (excludes halogenated alkanes) is 1. The van der Waals surface area contributed by atoms with Crippen LogP contribution in [0.25, 0.3) is 0 Å². The molecule has 0 heterocycles. The lowest BCUT2D eigenvalue weighted by Crippen LogP contribution is -2.10. The van der Waals surface area contributed by atoms with Crippen LogP contribution in [-0.4, -0.2) is 24.5 Å². The molecule has 0 atom stereocenters. The van der Waals surface area contributed by atoms with E-state index < -0.39 is 17.9 Å². The SMILES string of the molecule is C=CC(=O)OOC(=O)c1ccc(C(=O)OCCCC)cc1. The third-order valence-corrected chi connectivity index (χ3v) is 2.45. The molecule has 6 heteroatoms. The van der Waals surface area contributed by atoms with Crippen molar-refractivity contribution in [3.8, 4) is 0 Å². The molecule has 0 spiro atoms. The minimum absolute atomic E-state index is 0.136. The van der Waals surface area contributed by atoms with Gasteiger partial charge in [0.15, 0.2) is 0 Å². The molecule has 1 aromatic rings. The third kappa shape index (κ3) is 5.48. The molecular formula is C15H16O6. The molecular weight excluding hydrogens is 276 g/mol. The van der Waals surface area contributed by atoms with Crippen LogP contribution >= 0.6 is 0 Å². The summed E-state index contributed by atoms with van der Waals surface area (Å²) in [7, 11) is 0. The van der Waals surface area contributed by atoms with Gasteiger partial charge < -0.3 is 4.74 Å². The fourth-order valence-electron chi connectivity index (χ4n) is 1.30. The third-order valence-electron chi connectivity index (χ3n) is 2.45. The van der Waals surface area contributed by atoms with Gasteiger partial charge in [0.2, 0.25) is 0 Å².